The van der Waals surface area contributed by atoms with Crippen molar-refractivity contribution >= 4 is 18.3 Å². The van der Waals surface area contributed by atoms with Crippen LogP contribution in [0.15, 0.2) is 30.5 Å². The average molecular weight is 550 g/mol. The number of nitrogens with two attached hydrogens (primary N) is 1. The molecule has 3 heterocycles. The molecule has 0 aliphatic carbocycles. The fourth-order valence-electron chi connectivity index (χ4n) is 4.17. The van der Waals surface area contributed by atoms with Gasteiger partial charge in [-0.3, -0.25) is 4.79 Å². The fourth-order valence-corrected chi connectivity index (χ4v) is 4.17. The van der Waals surface area contributed by atoms with Crippen LogP contribution in [-0.2, 0) is 30.5 Å². The van der Waals surface area contributed by atoms with E-state index in [2.05, 4.69) is 9.97 Å². The number of rotatable bonds is 6. The highest BCUT2D eigenvalue weighted by Gasteiger charge is 2.41. The summed E-state index contributed by atoms with van der Waals surface area (Å²) in [6, 6.07) is 3.19. The van der Waals surface area contributed by atoms with Gasteiger partial charge in [0.15, 0.2) is 11.6 Å². The Morgan fingerprint density at radius 2 is 1.86 bits per heavy atom. The zero-order valence-corrected chi connectivity index (χ0v) is 20.2. The van der Waals surface area contributed by atoms with Crippen LogP contribution in [0.4, 0.5) is 26.3 Å². The van der Waals surface area contributed by atoms with Crippen molar-refractivity contribution in [3.63, 3.8) is 0 Å². The van der Waals surface area contributed by atoms with Crippen molar-refractivity contribution < 1.29 is 35.9 Å². The molecule has 0 unspecified atom stereocenters. The maximum Gasteiger partial charge on any atom is 0.449 e. The van der Waals surface area contributed by atoms with E-state index in [9.17, 15) is 31.1 Å². The van der Waals surface area contributed by atoms with Crippen molar-refractivity contribution in [1.29, 1.82) is 0 Å². The van der Waals surface area contributed by atoms with Crippen molar-refractivity contribution in [2.45, 2.75) is 38.1 Å². The predicted octanol–water partition coefficient (Wildman–Crippen LogP) is 4.11. The van der Waals surface area contributed by atoms with Gasteiger partial charge in [0, 0.05) is 37.8 Å². The fraction of sp³-hybridized carbons (Fsp3) is 0.348. The van der Waals surface area contributed by atoms with Crippen molar-refractivity contribution in [3.8, 4) is 17.1 Å². The van der Waals surface area contributed by atoms with Crippen LogP contribution < -0.4 is 10.5 Å². The Hall–Kier alpha value is -3.32. The zero-order valence-electron chi connectivity index (χ0n) is 19.4. The first-order valence-corrected chi connectivity index (χ1v) is 10.8. The minimum absolute atomic E-state index is 0. The van der Waals surface area contributed by atoms with Crippen molar-refractivity contribution in [2.75, 3.05) is 13.7 Å². The highest BCUT2D eigenvalue weighted by molar-refractivity contribution is 5.85. The van der Waals surface area contributed by atoms with Gasteiger partial charge in [-0.05, 0) is 30.2 Å². The van der Waals surface area contributed by atoms with Crippen molar-refractivity contribution in [3.05, 3.63) is 65.0 Å². The number of amides is 1. The maximum atomic E-state index is 13.9. The van der Waals surface area contributed by atoms with E-state index in [1.54, 1.807) is 0 Å². The van der Waals surface area contributed by atoms with Gasteiger partial charge in [-0.2, -0.15) is 13.2 Å². The smallest absolute Gasteiger partial charge is 0.449 e. The Balaban J connectivity index is 0.00000380. The van der Waals surface area contributed by atoms with Crippen molar-refractivity contribution in [1.82, 2.24) is 19.4 Å². The zero-order chi connectivity index (χ0) is 26.2. The van der Waals surface area contributed by atoms with Crippen LogP contribution in [-0.4, -0.2) is 45.0 Å². The quantitative estimate of drug-likeness (QED) is 0.369. The standard InChI is InChI=1S/C23H21F6N5O2.ClH/c1-36-21-14(3-2-4-31-21)20-18-11-33(5-6-34(18)22(32-20)23(27,28)29)19(35)9-13(30)7-12-8-16(25)17(26)10-15(12)24;/h2-4,8,10,13H,5-7,9,11,30H2,1H3;1H/t13-;/m1./s1. The summed E-state index contributed by atoms with van der Waals surface area (Å²) >= 11 is 0. The van der Waals surface area contributed by atoms with E-state index < -0.39 is 41.4 Å². The van der Waals surface area contributed by atoms with Crippen LogP contribution in [0.1, 0.15) is 23.5 Å². The van der Waals surface area contributed by atoms with Gasteiger partial charge < -0.3 is 19.9 Å². The largest absolute Gasteiger partial charge is 0.481 e. The number of halogens is 7. The molecule has 200 valence electrons. The van der Waals surface area contributed by atoms with Crippen LogP contribution in [0.5, 0.6) is 5.88 Å². The summed E-state index contributed by atoms with van der Waals surface area (Å²) < 4.78 is 87.8. The molecule has 3 aromatic rings. The first kappa shape index (κ1) is 28.3. The average Bonchev–Trinajstić information content (AvgIpc) is 3.21. The molecule has 1 amide bonds. The number of imidazole rings is 1. The number of benzene rings is 1. The summed E-state index contributed by atoms with van der Waals surface area (Å²) in [5.74, 6) is -5.09. The summed E-state index contributed by atoms with van der Waals surface area (Å²) in [6.07, 6.45) is -3.84. The van der Waals surface area contributed by atoms with E-state index in [4.69, 9.17) is 10.5 Å². The Morgan fingerprint density at radius 3 is 2.54 bits per heavy atom. The number of fused-ring (bicyclic) bond motifs is 1. The third-order valence-corrected chi connectivity index (χ3v) is 5.84. The van der Waals surface area contributed by atoms with Crippen LogP contribution in [0.3, 0.4) is 0 Å². The molecule has 37 heavy (non-hydrogen) atoms. The Morgan fingerprint density at radius 1 is 1.16 bits per heavy atom. The van der Waals surface area contributed by atoms with Crippen LogP contribution >= 0.6 is 12.4 Å². The minimum Gasteiger partial charge on any atom is -0.481 e. The number of nitrogens with zero attached hydrogens (tertiary/aromatic N) is 4. The number of alkyl halides is 3. The van der Waals surface area contributed by atoms with Gasteiger partial charge in [-0.25, -0.2) is 23.1 Å². The number of aromatic nitrogens is 3. The molecule has 1 aliphatic heterocycles. The summed E-state index contributed by atoms with van der Waals surface area (Å²) in [7, 11) is 1.33. The predicted molar refractivity (Wildman–Crippen MR) is 122 cm³/mol. The minimum atomic E-state index is -4.73. The lowest BCUT2D eigenvalue weighted by molar-refractivity contribution is -0.148. The lowest BCUT2D eigenvalue weighted by Gasteiger charge is -2.30. The molecule has 7 nitrogen and oxygen atoms in total. The molecule has 0 bridgehead atoms. The molecule has 0 saturated carbocycles. The Labute approximate surface area is 213 Å². The van der Waals surface area contributed by atoms with Gasteiger partial charge in [-0.1, -0.05) is 0 Å². The van der Waals surface area contributed by atoms with Gasteiger partial charge in [0.1, 0.15) is 5.82 Å². The normalized spacial score (nSPS) is 14.1. The van der Waals surface area contributed by atoms with E-state index >= 15 is 0 Å². The second-order valence-corrected chi connectivity index (χ2v) is 8.28. The number of carbonyl (C=O) groups is 1. The Kier molecular flexibility index (Phi) is 8.38. The molecule has 14 heteroatoms. The number of hydrogen-bond acceptors (Lipinski definition) is 5. The molecular weight excluding hydrogens is 528 g/mol. The summed E-state index contributed by atoms with van der Waals surface area (Å²) in [5, 5.41) is 0. The van der Waals surface area contributed by atoms with Gasteiger partial charge in [0.05, 0.1) is 30.6 Å². The van der Waals surface area contributed by atoms with Gasteiger partial charge >= 0.3 is 6.18 Å². The summed E-state index contributed by atoms with van der Waals surface area (Å²) in [6.45, 7) is -0.402. The van der Waals surface area contributed by atoms with Crippen LogP contribution in [0.25, 0.3) is 11.3 Å². The number of ether oxygens (including phenoxy) is 1. The molecule has 1 aliphatic rings. The van der Waals surface area contributed by atoms with E-state index in [0.717, 1.165) is 4.57 Å². The van der Waals surface area contributed by atoms with E-state index in [1.165, 1.54) is 30.3 Å². The molecule has 2 N–H and O–H groups in total. The van der Waals surface area contributed by atoms with E-state index in [1.807, 2.05) is 0 Å². The SMILES string of the molecule is COc1ncccc1-c1nc(C(F)(F)F)n2c1CN(C(=O)C[C@H](N)Cc1cc(F)c(F)cc1F)CC2.Cl. The third kappa shape index (κ3) is 5.82. The molecule has 2 aromatic heterocycles. The Bertz CT molecular complexity index is 1300. The van der Waals surface area contributed by atoms with Gasteiger partial charge in [0.25, 0.3) is 0 Å². The molecular formula is C23H22ClF6N5O2. The number of methoxy groups -OCH3 is 1. The first-order valence-electron chi connectivity index (χ1n) is 10.8. The maximum absolute atomic E-state index is 13.9. The second kappa shape index (κ2) is 11.0. The molecule has 1 atom stereocenters. The number of carbonyl (C=O) groups excluding carboxylic acids is 1. The summed E-state index contributed by atoms with van der Waals surface area (Å²) in [5.41, 5.74) is 6.14. The van der Waals surface area contributed by atoms with Crippen molar-refractivity contribution in [2.24, 2.45) is 5.73 Å². The van der Waals surface area contributed by atoms with E-state index in [0.29, 0.717) is 12.1 Å². The molecule has 0 saturated heterocycles. The second-order valence-electron chi connectivity index (χ2n) is 8.28. The van der Waals surface area contributed by atoms with Crippen LogP contribution in [0.2, 0.25) is 0 Å². The highest BCUT2D eigenvalue weighted by Crippen LogP contribution is 2.38. The molecule has 0 spiro atoms. The summed E-state index contributed by atoms with van der Waals surface area (Å²) in [4.78, 5) is 22.1. The highest BCUT2D eigenvalue weighted by atomic mass is 35.5. The molecule has 0 radical (unpaired) electrons. The topological polar surface area (TPSA) is 86.3 Å². The third-order valence-electron chi connectivity index (χ3n) is 5.84. The monoisotopic (exact) mass is 549 g/mol. The molecule has 4 rings (SSSR count). The van der Waals surface area contributed by atoms with Gasteiger partial charge in [0.2, 0.25) is 17.6 Å². The van der Waals surface area contributed by atoms with Gasteiger partial charge in [-0.15, -0.1) is 12.4 Å². The van der Waals surface area contributed by atoms with E-state index in [-0.39, 0.29) is 73.3 Å². The molecule has 0 fully saturated rings. The number of pyridine rings is 1. The lowest BCUT2D eigenvalue weighted by atomic mass is 10.0. The first-order chi connectivity index (χ1) is 17.0. The van der Waals surface area contributed by atoms with Crippen LogP contribution in [0, 0.1) is 17.5 Å². The molecule has 1 aromatic carbocycles. The lowest BCUT2D eigenvalue weighted by Crippen LogP contribution is -2.42. The number of hydrogen-bond donors (Lipinski definition) is 1.